The summed E-state index contributed by atoms with van der Waals surface area (Å²) in [7, 11) is 0. The van der Waals surface area contributed by atoms with E-state index in [2.05, 4.69) is 10.3 Å². The summed E-state index contributed by atoms with van der Waals surface area (Å²) in [5.74, 6) is 0. The maximum Gasteiger partial charge on any atom is 0.443 e. The molecule has 0 atom stereocenters. The van der Waals surface area contributed by atoms with E-state index in [9.17, 15) is 13.2 Å². The molecule has 21 heavy (non-hydrogen) atoms. The zero-order chi connectivity index (χ0) is 15.6. The van der Waals surface area contributed by atoms with Crippen LogP contribution in [0.5, 0.6) is 0 Å². The molecule has 7 heteroatoms. The molecule has 0 radical (unpaired) electrons. The molecule has 0 saturated heterocycles. The van der Waals surface area contributed by atoms with Gasteiger partial charge in [-0.2, -0.15) is 13.2 Å². The van der Waals surface area contributed by atoms with Gasteiger partial charge in [0.2, 0.25) is 0 Å². The van der Waals surface area contributed by atoms with Gasteiger partial charge in [-0.3, -0.25) is 0 Å². The Morgan fingerprint density at radius 1 is 1.33 bits per heavy atom. The number of nitrogens with zero attached hydrogens (tertiary/aromatic N) is 1. The predicted molar refractivity (Wildman–Crippen MR) is 79.5 cm³/mol. The first-order valence-electron chi connectivity index (χ1n) is 6.32. The number of thiazole rings is 1. The summed E-state index contributed by atoms with van der Waals surface area (Å²) in [6.07, 6.45) is -3.17. The van der Waals surface area contributed by atoms with Gasteiger partial charge in [0.1, 0.15) is 0 Å². The van der Waals surface area contributed by atoms with Gasteiger partial charge < -0.3 is 5.32 Å². The molecule has 2 aromatic rings. The minimum atomic E-state index is -4.42. The zero-order valence-electron chi connectivity index (χ0n) is 11.5. The Hall–Kier alpha value is -1.11. The Morgan fingerprint density at radius 3 is 2.62 bits per heavy atom. The lowest BCUT2D eigenvalue weighted by atomic mass is 10.1. The molecule has 0 amide bonds. The maximum atomic E-state index is 12.7. The molecule has 2 nitrogen and oxygen atoms in total. The van der Waals surface area contributed by atoms with Crippen molar-refractivity contribution in [2.24, 2.45) is 0 Å². The fourth-order valence-electron chi connectivity index (χ4n) is 1.78. The van der Waals surface area contributed by atoms with Crippen LogP contribution in [0.4, 0.5) is 13.2 Å². The van der Waals surface area contributed by atoms with Crippen molar-refractivity contribution in [2.45, 2.75) is 32.6 Å². The van der Waals surface area contributed by atoms with E-state index in [1.165, 1.54) is 6.20 Å². The van der Waals surface area contributed by atoms with Crippen LogP contribution in [-0.2, 0) is 12.7 Å². The molecule has 0 aliphatic heterocycles. The summed E-state index contributed by atoms with van der Waals surface area (Å²) >= 11 is 6.60. The van der Waals surface area contributed by atoms with Gasteiger partial charge in [0, 0.05) is 23.8 Å². The highest BCUT2D eigenvalue weighted by atomic mass is 35.5. The Bertz CT molecular complexity index is 623. The summed E-state index contributed by atoms with van der Waals surface area (Å²) in [5, 5.41) is 2.89. The van der Waals surface area contributed by atoms with Crippen LogP contribution in [0.15, 0.2) is 24.4 Å². The van der Waals surface area contributed by atoms with Crippen molar-refractivity contribution in [3.05, 3.63) is 40.0 Å². The number of rotatable bonds is 4. The van der Waals surface area contributed by atoms with Gasteiger partial charge in [0.25, 0.3) is 0 Å². The van der Waals surface area contributed by atoms with Crippen LogP contribution in [-0.4, -0.2) is 11.0 Å². The molecule has 2 rings (SSSR count). The molecule has 0 aliphatic carbocycles. The maximum absolute atomic E-state index is 12.7. The van der Waals surface area contributed by atoms with Gasteiger partial charge in [-0.15, -0.1) is 11.3 Å². The lowest BCUT2D eigenvalue weighted by molar-refractivity contribution is -0.137. The summed E-state index contributed by atoms with van der Waals surface area (Å²) < 4.78 is 38.0. The summed E-state index contributed by atoms with van der Waals surface area (Å²) in [5.41, 5.74) is 1.58. The number of halogens is 4. The van der Waals surface area contributed by atoms with Crippen molar-refractivity contribution in [3.8, 4) is 10.4 Å². The minimum Gasteiger partial charge on any atom is -0.310 e. The second kappa shape index (κ2) is 6.34. The Morgan fingerprint density at radius 2 is 2.05 bits per heavy atom. The number of aromatic nitrogens is 1. The van der Waals surface area contributed by atoms with E-state index in [-0.39, 0.29) is 6.04 Å². The molecule has 0 spiro atoms. The second-order valence-corrected chi connectivity index (χ2v) is 6.33. The molecular formula is C14H14ClF3N2S. The van der Waals surface area contributed by atoms with Gasteiger partial charge in [0.05, 0.1) is 4.88 Å². The Labute approximate surface area is 130 Å². The van der Waals surface area contributed by atoms with Gasteiger partial charge in [-0.25, -0.2) is 4.98 Å². The van der Waals surface area contributed by atoms with Gasteiger partial charge in [0.15, 0.2) is 5.01 Å². The number of nitrogens with one attached hydrogen (secondary N) is 1. The third kappa shape index (κ3) is 4.18. The van der Waals surface area contributed by atoms with Crippen molar-refractivity contribution in [2.75, 3.05) is 0 Å². The SMILES string of the molecule is CC(C)NCc1ccc(Cl)cc1-c1cnc(C(F)(F)F)s1. The van der Waals surface area contributed by atoms with E-state index in [1.807, 2.05) is 19.9 Å². The quantitative estimate of drug-likeness (QED) is 0.853. The lowest BCUT2D eigenvalue weighted by Crippen LogP contribution is -2.22. The fraction of sp³-hybridized carbons (Fsp3) is 0.357. The van der Waals surface area contributed by atoms with E-state index in [0.717, 1.165) is 5.56 Å². The topological polar surface area (TPSA) is 24.9 Å². The van der Waals surface area contributed by atoms with Crippen molar-refractivity contribution in [3.63, 3.8) is 0 Å². The molecule has 114 valence electrons. The Kier molecular flexibility index (Phi) is 4.91. The third-order valence-corrected chi connectivity index (χ3v) is 4.10. The standard InChI is InChI=1S/C14H14ClF3N2S/c1-8(2)19-6-9-3-4-10(15)5-11(9)12-7-20-13(21-12)14(16,17)18/h3-5,7-8,19H,6H2,1-2H3. The molecular weight excluding hydrogens is 321 g/mol. The molecule has 0 aliphatic rings. The predicted octanol–water partition coefficient (Wildman–Crippen LogP) is 4.98. The normalized spacial score (nSPS) is 12.1. The average molecular weight is 335 g/mol. The number of hydrogen-bond donors (Lipinski definition) is 1. The van der Waals surface area contributed by atoms with Crippen molar-refractivity contribution >= 4 is 22.9 Å². The molecule has 1 heterocycles. The van der Waals surface area contributed by atoms with Gasteiger partial charge in [-0.1, -0.05) is 31.5 Å². The van der Waals surface area contributed by atoms with Gasteiger partial charge >= 0.3 is 6.18 Å². The smallest absolute Gasteiger partial charge is 0.310 e. The summed E-state index contributed by atoms with van der Waals surface area (Å²) in [6.45, 7) is 4.57. The number of alkyl halides is 3. The highest BCUT2D eigenvalue weighted by molar-refractivity contribution is 7.15. The van der Waals surface area contributed by atoms with Crippen molar-refractivity contribution in [1.29, 1.82) is 0 Å². The third-order valence-electron chi connectivity index (χ3n) is 2.79. The van der Waals surface area contributed by atoms with Crippen LogP contribution in [0.2, 0.25) is 5.02 Å². The Balaban J connectivity index is 2.37. The van der Waals surface area contributed by atoms with Crippen LogP contribution in [0.25, 0.3) is 10.4 Å². The number of hydrogen-bond acceptors (Lipinski definition) is 3. The molecule has 1 aromatic heterocycles. The fourth-order valence-corrected chi connectivity index (χ4v) is 2.78. The molecule has 0 bridgehead atoms. The monoisotopic (exact) mass is 334 g/mol. The van der Waals surface area contributed by atoms with Crippen LogP contribution in [0.1, 0.15) is 24.4 Å². The molecule has 0 saturated carbocycles. The van der Waals surface area contributed by atoms with Crippen molar-refractivity contribution in [1.82, 2.24) is 10.3 Å². The summed E-state index contributed by atoms with van der Waals surface area (Å²) in [6, 6.07) is 5.50. The molecule has 1 aromatic carbocycles. The van der Waals surface area contributed by atoms with E-state index in [4.69, 9.17) is 11.6 Å². The first kappa shape index (κ1) is 16.3. The zero-order valence-corrected chi connectivity index (χ0v) is 13.0. The van der Waals surface area contributed by atoms with Crippen molar-refractivity contribution < 1.29 is 13.2 Å². The van der Waals surface area contributed by atoms with Crippen LogP contribution >= 0.6 is 22.9 Å². The average Bonchev–Trinajstić information content (AvgIpc) is 2.86. The summed E-state index contributed by atoms with van der Waals surface area (Å²) in [4.78, 5) is 3.92. The molecule has 0 fully saturated rings. The molecule has 1 N–H and O–H groups in total. The van der Waals surface area contributed by atoms with Crippen LogP contribution < -0.4 is 5.32 Å². The lowest BCUT2D eigenvalue weighted by Gasteiger charge is -2.12. The highest BCUT2D eigenvalue weighted by Gasteiger charge is 2.34. The number of benzene rings is 1. The van der Waals surface area contributed by atoms with Crippen LogP contribution in [0.3, 0.4) is 0 Å². The van der Waals surface area contributed by atoms with E-state index in [0.29, 0.717) is 33.3 Å². The first-order chi connectivity index (χ1) is 9.77. The van der Waals surface area contributed by atoms with E-state index in [1.54, 1.807) is 12.1 Å². The molecule has 0 unspecified atom stereocenters. The minimum absolute atomic E-state index is 0.278. The highest BCUT2D eigenvalue weighted by Crippen LogP contribution is 2.38. The first-order valence-corrected chi connectivity index (χ1v) is 7.52. The van der Waals surface area contributed by atoms with E-state index < -0.39 is 11.2 Å². The second-order valence-electron chi connectivity index (χ2n) is 4.86. The van der Waals surface area contributed by atoms with Crippen LogP contribution in [0, 0.1) is 0 Å². The van der Waals surface area contributed by atoms with Gasteiger partial charge in [-0.05, 0) is 23.3 Å². The largest absolute Gasteiger partial charge is 0.443 e. The van der Waals surface area contributed by atoms with E-state index >= 15 is 0 Å².